The lowest BCUT2D eigenvalue weighted by Gasteiger charge is -2.30. The number of benzene rings is 7. The van der Waals surface area contributed by atoms with Crippen molar-refractivity contribution in [3.8, 4) is 28.1 Å². The molecule has 5 nitrogen and oxygen atoms in total. The lowest BCUT2D eigenvalue weighted by atomic mass is 9.95. The van der Waals surface area contributed by atoms with E-state index in [1.165, 1.54) is 55.7 Å². The van der Waals surface area contributed by atoms with Crippen molar-refractivity contribution in [2.45, 2.75) is 33.7 Å². The Hall–Kier alpha value is -7.11. The first-order valence-electron chi connectivity index (χ1n) is 20.2. The van der Waals surface area contributed by atoms with Crippen molar-refractivity contribution in [1.82, 2.24) is 9.55 Å². The van der Waals surface area contributed by atoms with Gasteiger partial charge in [0, 0.05) is 40.1 Å². The summed E-state index contributed by atoms with van der Waals surface area (Å²) >= 11 is 0. The molecule has 3 heterocycles. The van der Waals surface area contributed by atoms with Gasteiger partial charge in [-0.2, -0.15) is 0 Å². The van der Waals surface area contributed by atoms with Gasteiger partial charge in [-0.15, -0.1) is 0 Å². The van der Waals surface area contributed by atoms with Crippen LogP contribution in [0.4, 0.5) is 34.1 Å². The standard InChI is InChI=1S/C53H45N5/c1-36(2)55-35-56(50-27-13-12-26-49(50)55)41-20-15-21-42(33-41)57(53-37(3)16-14-17-38(53)4)43-28-29-47-46-24-10-11-25-48(46)58(51(47)34-43)52-32-40(30-31-54-52)45-23-9-8-22-44(45)39-18-6-5-7-19-39/h5-34,36H,35H2,1-4H3. The number of aromatic nitrogens is 2. The van der Waals surface area contributed by atoms with Gasteiger partial charge in [0.05, 0.1) is 34.8 Å². The van der Waals surface area contributed by atoms with Crippen LogP contribution in [-0.2, 0) is 0 Å². The number of anilines is 6. The van der Waals surface area contributed by atoms with Crippen molar-refractivity contribution < 1.29 is 0 Å². The SMILES string of the molecule is Cc1cccc(C)c1N(c1cccc(N2CN(C(C)C)c3ccccc32)c1)c1ccc2c3ccccc3n(-c3cc(-c4ccccc4-c4ccccc4)ccn3)c2c1. The van der Waals surface area contributed by atoms with Gasteiger partial charge < -0.3 is 14.7 Å². The Balaban J connectivity index is 1.15. The second-order valence-corrected chi connectivity index (χ2v) is 15.6. The molecule has 58 heavy (non-hydrogen) atoms. The minimum atomic E-state index is 0.382. The van der Waals surface area contributed by atoms with E-state index in [9.17, 15) is 0 Å². The predicted octanol–water partition coefficient (Wildman–Crippen LogP) is 13.9. The van der Waals surface area contributed by atoms with E-state index < -0.39 is 0 Å². The van der Waals surface area contributed by atoms with Crippen LogP contribution in [0.3, 0.4) is 0 Å². The van der Waals surface area contributed by atoms with Crippen LogP contribution < -0.4 is 14.7 Å². The van der Waals surface area contributed by atoms with Gasteiger partial charge >= 0.3 is 0 Å². The normalized spacial score (nSPS) is 12.5. The van der Waals surface area contributed by atoms with E-state index in [4.69, 9.17) is 4.98 Å². The van der Waals surface area contributed by atoms with Gasteiger partial charge in [-0.1, -0.05) is 115 Å². The zero-order chi connectivity index (χ0) is 39.3. The van der Waals surface area contributed by atoms with Gasteiger partial charge in [-0.25, -0.2) is 4.98 Å². The van der Waals surface area contributed by atoms with E-state index in [-0.39, 0.29) is 0 Å². The molecule has 10 rings (SSSR count). The number of hydrogen-bond donors (Lipinski definition) is 0. The van der Waals surface area contributed by atoms with Crippen molar-refractivity contribution in [3.05, 3.63) is 193 Å². The van der Waals surface area contributed by atoms with Crippen LogP contribution in [-0.4, -0.2) is 22.3 Å². The van der Waals surface area contributed by atoms with Gasteiger partial charge in [0.1, 0.15) is 5.82 Å². The second-order valence-electron chi connectivity index (χ2n) is 15.6. The van der Waals surface area contributed by atoms with Crippen molar-refractivity contribution >= 4 is 55.9 Å². The zero-order valence-electron chi connectivity index (χ0n) is 33.3. The number of para-hydroxylation sites is 4. The van der Waals surface area contributed by atoms with E-state index in [0.717, 1.165) is 46.1 Å². The summed E-state index contributed by atoms with van der Waals surface area (Å²) < 4.78 is 2.34. The fraction of sp³-hybridized carbons (Fsp3) is 0.113. The van der Waals surface area contributed by atoms with E-state index in [1.54, 1.807) is 0 Å². The van der Waals surface area contributed by atoms with Crippen molar-refractivity contribution in [1.29, 1.82) is 0 Å². The summed E-state index contributed by atoms with van der Waals surface area (Å²) in [4.78, 5) is 12.4. The number of pyridine rings is 1. The van der Waals surface area contributed by atoms with Crippen LogP contribution in [0.25, 0.3) is 49.9 Å². The van der Waals surface area contributed by atoms with Crippen LogP contribution in [0, 0.1) is 13.8 Å². The molecule has 282 valence electrons. The molecule has 2 aromatic heterocycles. The highest BCUT2D eigenvalue weighted by atomic mass is 15.4. The third-order valence-corrected chi connectivity index (χ3v) is 11.7. The maximum Gasteiger partial charge on any atom is 0.138 e. The first-order valence-corrected chi connectivity index (χ1v) is 20.2. The molecule has 0 unspecified atom stereocenters. The molecule has 0 saturated carbocycles. The first-order chi connectivity index (χ1) is 28.4. The van der Waals surface area contributed by atoms with Gasteiger partial charge in [0.2, 0.25) is 0 Å². The van der Waals surface area contributed by atoms with Crippen LogP contribution >= 0.6 is 0 Å². The van der Waals surface area contributed by atoms with Crippen molar-refractivity contribution in [3.63, 3.8) is 0 Å². The fourth-order valence-electron chi connectivity index (χ4n) is 8.93. The molecule has 0 atom stereocenters. The van der Waals surface area contributed by atoms with E-state index in [0.29, 0.717) is 6.04 Å². The molecule has 9 aromatic rings. The summed E-state index contributed by atoms with van der Waals surface area (Å²) in [5.41, 5.74) is 16.4. The molecule has 0 bridgehead atoms. The Kier molecular flexibility index (Phi) is 8.79. The molecule has 0 spiro atoms. The fourth-order valence-corrected chi connectivity index (χ4v) is 8.93. The van der Waals surface area contributed by atoms with Crippen LogP contribution in [0.2, 0.25) is 0 Å². The van der Waals surface area contributed by atoms with Gasteiger partial charge in [-0.3, -0.25) is 4.57 Å². The average Bonchev–Trinajstić information content (AvgIpc) is 3.82. The number of nitrogens with zero attached hydrogens (tertiary/aromatic N) is 5. The summed E-state index contributed by atoms with van der Waals surface area (Å²) in [6.07, 6.45) is 1.95. The molecule has 0 radical (unpaired) electrons. The minimum Gasteiger partial charge on any atom is -0.349 e. The Labute approximate surface area is 340 Å². The number of rotatable bonds is 8. The molecule has 0 saturated heterocycles. The number of hydrogen-bond acceptors (Lipinski definition) is 4. The van der Waals surface area contributed by atoms with Gasteiger partial charge in [0.25, 0.3) is 0 Å². The maximum absolute atomic E-state index is 5.06. The van der Waals surface area contributed by atoms with Crippen LogP contribution in [0.5, 0.6) is 0 Å². The summed E-state index contributed by atoms with van der Waals surface area (Å²) in [6, 6.07) is 64.0. The minimum absolute atomic E-state index is 0.382. The van der Waals surface area contributed by atoms with Gasteiger partial charge in [0.15, 0.2) is 0 Å². The first kappa shape index (κ1) is 35.3. The van der Waals surface area contributed by atoms with Crippen molar-refractivity contribution in [2.24, 2.45) is 0 Å². The largest absolute Gasteiger partial charge is 0.349 e. The summed E-state index contributed by atoms with van der Waals surface area (Å²) in [5.74, 6) is 0.881. The molecule has 0 aliphatic carbocycles. The maximum atomic E-state index is 5.06. The van der Waals surface area contributed by atoms with E-state index in [2.05, 4.69) is 223 Å². The average molecular weight is 752 g/mol. The Morgan fingerprint density at radius 2 is 1.19 bits per heavy atom. The Bertz CT molecular complexity index is 2940. The van der Waals surface area contributed by atoms with Gasteiger partial charge in [-0.05, 0) is 122 Å². The molecular formula is C53H45N5. The number of fused-ring (bicyclic) bond motifs is 4. The lowest BCUT2D eigenvalue weighted by molar-refractivity contribution is 0.709. The smallest absolute Gasteiger partial charge is 0.138 e. The molecule has 1 aliphatic rings. The van der Waals surface area contributed by atoms with Crippen molar-refractivity contribution in [2.75, 3.05) is 21.4 Å². The summed E-state index contributed by atoms with van der Waals surface area (Å²) in [7, 11) is 0. The summed E-state index contributed by atoms with van der Waals surface area (Å²) in [5, 5.41) is 2.39. The van der Waals surface area contributed by atoms with Crippen LogP contribution in [0.1, 0.15) is 25.0 Å². The Morgan fingerprint density at radius 1 is 0.534 bits per heavy atom. The Morgan fingerprint density at radius 3 is 1.98 bits per heavy atom. The molecule has 0 fully saturated rings. The van der Waals surface area contributed by atoms with E-state index in [1.807, 2.05) is 6.20 Å². The highest BCUT2D eigenvalue weighted by Crippen LogP contribution is 2.46. The molecule has 0 N–H and O–H groups in total. The van der Waals surface area contributed by atoms with E-state index >= 15 is 0 Å². The lowest BCUT2D eigenvalue weighted by Crippen LogP contribution is -2.33. The molecule has 5 heteroatoms. The third kappa shape index (κ3) is 5.98. The second kappa shape index (κ2) is 14.4. The highest BCUT2D eigenvalue weighted by molar-refractivity contribution is 6.10. The summed E-state index contributed by atoms with van der Waals surface area (Å²) in [6.45, 7) is 9.77. The number of aryl methyl sites for hydroxylation is 2. The predicted molar refractivity (Wildman–Crippen MR) is 245 cm³/mol. The topological polar surface area (TPSA) is 27.5 Å². The zero-order valence-corrected chi connectivity index (χ0v) is 33.3. The highest BCUT2D eigenvalue weighted by Gasteiger charge is 2.29. The quantitative estimate of drug-likeness (QED) is 0.155. The monoisotopic (exact) mass is 751 g/mol. The third-order valence-electron chi connectivity index (χ3n) is 11.7. The molecule has 7 aromatic carbocycles. The van der Waals surface area contributed by atoms with Crippen LogP contribution in [0.15, 0.2) is 182 Å². The molecule has 1 aliphatic heterocycles. The molecular weight excluding hydrogens is 707 g/mol. The molecule has 0 amide bonds.